The van der Waals surface area contributed by atoms with E-state index in [1.165, 1.54) is 0 Å². The van der Waals surface area contributed by atoms with Crippen molar-refractivity contribution < 1.29 is 0 Å². The number of nitrogens with zero attached hydrogens (tertiary/aromatic N) is 1. The van der Waals surface area contributed by atoms with E-state index in [-0.39, 0.29) is 6.04 Å². The van der Waals surface area contributed by atoms with E-state index in [4.69, 9.17) is 5.73 Å². The lowest BCUT2D eigenvalue weighted by atomic mass is 10.2. The van der Waals surface area contributed by atoms with Crippen molar-refractivity contribution in [3.05, 3.63) is 12.3 Å². The topological polar surface area (TPSA) is 50.4 Å². The van der Waals surface area contributed by atoms with Gasteiger partial charge in [-0.2, -0.15) is 0 Å². The highest BCUT2D eigenvalue weighted by atomic mass is 15.1. The van der Waals surface area contributed by atoms with Gasteiger partial charge in [0, 0.05) is 6.20 Å². The monoisotopic (exact) mass is 125 g/mol. The fourth-order valence-corrected chi connectivity index (χ4v) is 0.731. The standard InChI is InChI=1S/C6H11N3/c1-2-5-3-4-8-6(7)9-5/h3-5H,2H2,1H3,(H3,7,8,9). The first-order valence-electron chi connectivity index (χ1n) is 3.09. The van der Waals surface area contributed by atoms with Gasteiger partial charge in [0.25, 0.3) is 0 Å². The second-order valence-corrected chi connectivity index (χ2v) is 1.99. The van der Waals surface area contributed by atoms with Gasteiger partial charge in [-0.15, -0.1) is 0 Å². The molecule has 1 rings (SSSR count). The van der Waals surface area contributed by atoms with Gasteiger partial charge in [0.05, 0.1) is 6.04 Å². The highest BCUT2D eigenvalue weighted by Gasteiger charge is 2.02. The zero-order valence-corrected chi connectivity index (χ0v) is 5.46. The summed E-state index contributed by atoms with van der Waals surface area (Å²) in [6, 6.07) is 0.284. The Hall–Kier alpha value is -0.990. The summed E-state index contributed by atoms with van der Waals surface area (Å²) < 4.78 is 0. The maximum Gasteiger partial charge on any atom is 0.193 e. The molecule has 0 saturated heterocycles. The van der Waals surface area contributed by atoms with Gasteiger partial charge in [0.1, 0.15) is 0 Å². The van der Waals surface area contributed by atoms with Crippen molar-refractivity contribution in [3.63, 3.8) is 0 Å². The lowest BCUT2D eigenvalue weighted by molar-refractivity contribution is 0.761. The normalized spacial score (nSPS) is 25.0. The summed E-state index contributed by atoms with van der Waals surface area (Å²) in [6.45, 7) is 2.08. The van der Waals surface area contributed by atoms with Crippen molar-refractivity contribution in [2.24, 2.45) is 10.7 Å². The maximum atomic E-state index is 5.39. The Morgan fingerprint density at radius 3 is 3.11 bits per heavy atom. The summed E-state index contributed by atoms with van der Waals surface area (Å²) in [6.07, 6.45) is 4.84. The van der Waals surface area contributed by atoms with Gasteiger partial charge in [-0.25, -0.2) is 4.99 Å². The van der Waals surface area contributed by atoms with Crippen molar-refractivity contribution in [1.29, 1.82) is 0 Å². The van der Waals surface area contributed by atoms with Crippen LogP contribution in [0.1, 0.15) is 13.3 Å². The van der Waals surface area contributed by atoms with E-state index >= 15 is 0 Å². The molecular weight excluding hydrogens is 114 g/mol. The molecule has 0 spiro atoms. The fraction of sp³-hybridized carbons (Fsp3) is 0.500. The smallest absolute Gasteiger partial charge is 0.193 e. The van der Waals surface area contributed by atoms with E-state index in [9.17, 15) is 0 Å². The molecule has 0 fully saturated rings. The van der Waals surface area contributed by atoms with Crippen LogP contribution >= 0.6 is 0 Å². The van der Waals surface area contributed by atoms with Crippen molar-refractivity contribution in [2.45, 2.75) is 19.4 Å². The SMILES string of the molecule is CCC1C=CNC(N)=N1. The molecule has 3 N–H and O–H groups in total. The van der Waals surface area contributed by atoms with E-state index in [2.05, 4.69) is 17.2 Å². The van der Waals surface area contributed by atoms with Gasteiger partial charge in [-0.05, 0) is 12.5 Å². The second kappa shape index (κ2) is 2.53. The zero-order valence-electron chi connectivity index (χ0n) is 5.46. The number of guanidine groups is 1. The summed E-state index contributed by atoms with van der Waals surface area (Å²) >= 11 is 0. The van der Waals surface area contributed by atoms with Gasteiger partial charge >= 0.3 is 0 Å². The summed E-state index contributed by atoms with van der Waals surface area (Å²) in [5, 5.41) is 2.79. The van der Waals surface area contributed by atoms with E-state index in [0.29, 0.717) is 5.96 Å². The number of nitrogens with two attached hydrogens (primary N) is 1. The number of nitrogens with one attached hydrogen (secondary N) is 1. The van der Waals surface area contributed by atoms with E-state index in [0.717, 1.165) is 6.42 Å². The molecule has 1 unspecified atom stereocenters. The molecule has 0 radical (unpaired) electrons. The van der Waals surface area contributed by atoms with Crippen LogP contribution in [0.4, 0.5) is 0 Å². The van der Waals surface area contributed by atoms with Crippen LogP contribution in [0.5, 0.6) is 0 Å². The Labute approximate surface area is 54.7 Å². The molecular formula is C6H11N3. The molecule has 0 aliphatic carbocycles. The predicted molar refractivity (Wildman–Crippen MR) is 38.0 cm³/mol. The van der Waals surface area contributed by atoms with Gasteiger partial charge in [0.2, 0.25) is 0 Å². The van der Waals surface area contributed by atoms with Crippen LogP contribution in [0.15, 0.2) is 17.3 Å². The molecule has 3 heteroatoms. The summed E-state index contributed by atoms with van der Waals surface area (Å²) in [4.78, 5) is 4.10. The summed E-state index contributed by atoms with van der Waals surface area (Å²) in [5.41, 5.74) is 5.39. The Bertz CT molecular complexity index is 148. The molecule has 0 aromatic rings. The molecule has 0 aromatic carbocycles. The van der Waals surface area contributed by atoms with Crippen LogP contribution in [0.2, 0.25) is 0 Å². The minimum atomic E-state index is 0.284. The third-order valence-electron chi connectivity index (χ3n) is 1.27. The third-order valence-corrected chi connectivity index (χ3v) is 1.27. The summed E-state index contributed by atoms with van der Waals surface area (Å²) in [7, 11) is 0. The minimum absolute atomic E-state index is 0.284. The van der Waals surface area contributed by atoms with Crippen LogP contribution in [0.3, 0.4) is 0 Å². The quantitative estimate of drug-likeness (QED) is 0.526. The Morgan fingerprint density at radius 1 is 1.89 bits per heavy atom. The van der Waals surface area contributed by atoms with Gasteiger partial charge in [-0.3, -0.25) is 0 Å². The molecule has 1 aliphatic rings. The second-order valence-electron chi connectivity index (χ2n) is 1.99. The average molecular weight is 125 g/mol. The van der Waals surface area contributed by atoms with Crippen LogP contribution < -0.4 is 11.1 Å². The van der Waals surface area contributed by atoms with Crippen molar-refractivity contribution >= 4 is 5.96 Å². The number of aliphatic imine (C=N–C) groups is 1. The molecule has 0 saturated carbocycles. The molecule has 1 heterocycles. The van der Waals surface area contributed by atoms with Crippen LogP contribution in [-0.2, 0) is 0 Å². The van der Waals surface area contributed by atoms with Crippen molar-refractivity contribution in [2.75, 3.05) is 0 Å². The highest BCUT2D eigenvalue weighted by Crippen LogP contribution is 2.00. The lowest BCUT2D eigenvalue weighted by Crippen LogP contribution is -2.31. The van der Waals surface area contributed by atoms with Crippen LogP contribution in [-0.4, -0.2) is 12.0 Å². The molecule has 0 amide bonds. The highest BCUT2D eigenvalue weighted by molar-refractivity contribution is 5.79. The fourth-order valence-electron chi connectivity index (χ4n) is 0.731. The average Bonchev–Trinajstić information content (AvgIpc) is 1.88. The zero-order chi connectivity index (χ0) is 6.69. The first-order chi connectivity index (χ1) is 4.33. The Kier molecular flexibility index (Phi) is 1.72. The van der Waals surface area contributed by atoms with Crippen molar-refractivity contribution in [1.82, 2.24) is 5.32 Å². The molecule has 1 aliphatic heterocycles. The molecule has 50 valence electrons. The number of hydrogen-bond donors (Lipinski definition) is 2. The third kappa shape index (κ3) is 1.45. The maximum absolute atomic E-state index is 5.39. The lowest BCUT2D eigenvalue weighted by Gasteiger charge is -2.10. The number of hydrogen-bond acceptors (Lipinski definition) is 3. The first kappa shape index (κ1) is 6.13. The molecule has 0 bridgehead atoms. The Morgan fingerprint density at radius 2 is 2.67 bits per heavy atom. The number of rotatable bonds is 1. The first-order valence-corrected chi connectivity index (χ1v) is 3.09. The Balaban J connectivity index is 2.55. The molecule has 1 atom stereocenters. The van der Waals surface area contributed by atoms with E-state index in [1.54, 1.807) is 0 Å². The van der Waals surface area contributed by atoms with Crippen molar-refractivity contribution in [3.8, 4) is 0 Å². The van der Waals surface area contributed by atoms with Gasteiger partial charge < -0.3 is 11.1 Å². The minimum Gasteiger partial charge on any atom is -0.370 e. The van der Waals surface area contributed by atoms with E-state index in [1.807, 2.05) is 12.3 Å². The van der Waals surface area contributed by atoms with Gasteiger partial charge in [-0.1, -0.05) is 6.92 Å². The predicted octanol–water partition coefficient (Wildman–Crippen LogP) is 0.197. The van der Waals surface area contributed by atoms with Crippen LogP contribution in [0.25, 0.3) is 0 Å². The molecule has 9 heavy (non-hydrogen) atoms. The molecule has 0 aromatic heterocycles. The van der Waals surface area contributed by atoms with Crippen LogP contribution in [0, 0.1) is 0 Å². The van der Waals surface area contributed by atoms with E-state index < -0.39 is 0 Å². The summed E-state index contributed by atoms with van der Waals surface area (Å²) in [5.74, 6) is 0.518. The largest absolute Gasteiger partial charge is 0.370 e. The van der Waals surface area contributed by atoms with Gasteiger partial charge in [0.15, 0.2) is 5.96 Å². The molecule has 3 nitrogen and oxygen atoms in total.